The maximum atomic E-state index is 13.7. The Morgan fingerprint density at radius 3 is 2.54 bits per heavy atom. The number of carbonyl (C=O) groups is 1. The first-order chi connectivity index (χ1) is 11.4. The van der Waals surface area contributed by atoms with Gasteiger partial charge in [-0.2, -0.15) is 0 Å². The van der Waals surface area contributed by atoms with Crippen LogP contribution in [0.1, 0.15) is 35.5 Å². The monoisotopic (exact) mass is 324 g/mol. The summed E-state index contributed by atoms with van der Waals surface area (Å²) < 4.78 is 13.7. The molecule has 0 aliphatic rings. The number of carbonyl (C=O) groups excluding carboxylic acids is 1. The average Bonchev–Trinajstić information content (AvgIpc) is 2.89. The van der Waals surface area contributed by atoms with E-state index < -0.39 is 11.7 Å². The van der Waals surface area contributed by atoms with Crippen LogP contribution in [0.25, 0.3) is 10.9 Å². The highest BCUT2D eigenvalue weighted by Gasteiger charge is 2.27. The number of H-pyrrole nitrogens is 1. The first-order valence-electron chi connectivity index (χ1n) is 8.00. The van der Waals surface area contributed by atoms with Crippen LogP contribution in [0.3, 0.4) is 0 Å². The minimum absolute atomic E-state index is 0.0731. The molecule has 0 radical (unpaired) electrons. The van der Waals surface area contributed by atoms with Gasteiger partial charge in [-0.1, -0.05) is 44.2 Å². The van der Waals surface area contributed by atoms with Gasteiger partial charge in [0.15, 0.2) is 0 Å². The molecule has 124 valence electrons. The van der Waals surface area contributed by atoms with E-state index in [-0.39, 0.29) is 11.0 Å². The van der Waals surface area contributed by atoms with Crippen molar-refractivity contribution in [3.8, 4) is 0 Å². The molecule has 0 spiro atoms. The number of rotatable bonds is 4. The lowest BCUT2D eigenvalue weighted by Crippen LogP contribution is -2.37. The maximum Gasteiger partial charge on any atom is 0.254 e. The Hall–Kier alpha value is -2.62. The number of halogens is 1. The Labute approximate surface area is 140 Å². The highest BCUT2D eigenvalue weighted by molar-refractivity contribution is 5.94. The molecule has 0 aliphatic carbocycles. The summed E-state index contributed by atoms with van der Waals surface area (Å²) in [5.41, 5.74) is 3.13. The molecule has 3 aromatic rings. The molecule has 0 atom stereocenters. The maximum absolute atomic E-state index is 13.7. The van der Waals surface area contributed by atoms with Crippen LogP contribution in [0.4, 0.5) is 4.39 Å². The van der Waals surface area contributed by atoms with E-state index in [9.17, 15) is 9.18 Å². The van der Waals surface area contributed by atoms with E-state index in [0.717, 1.165) is 16.6 Å². The highest BCUT2D eigenvalue weighted by atomic mass is 19.1. The molecule has 0 bridgehead atoms. The summed E-state index contributed by atoms with van der Waals surface area (Å²) in [5, 5.41) is 4.02. The lowest BCUT2D eigenvalue weighted by atomic mass is 9.82. The minimum atomic E-state index is -0.504. The van der Waals surface area contributed by atoms with Crippen LogP contribution in [-0.2, 0) is 5.41 Å². The molecule has 0 unspecified atom stereocenters. The van der Waals surface area contributed by atoms with Crippen molar-refractivity contribution in [2.75, 3.05) is 6.54 Å². The van der Waals surface area contributed by atoms with E-state index in [1.165, 1.54) is 17.7 Å². The lowest BCUT2D eigenvalue weighted by Gasteiger charge is -2.26. The van der Waals surface area contributed by atoms with Gasteiger partial charge in [0.2, 0.25) is 0 Å². The molecule has 0 fully saturated rings. The number of aromatic amines is 1. The van der Waals surface area contributed by atoms with Gasteiger partial charge in [0.1, 0.15) is 5.82 Å². The lowest BCUT2D eigenvalue weighted by molar-refractivity contribution is 0.0941. The topological polar surface area (TPSA) is 44.9 Å². The quantitative estimate of drug-likeness (QED) is 0.737. The molecule has 2 N–H and O–H groups in total. The molecular weight excluding hydrogens is 303 g/mol. The zero-order chi connectivity index (χ0) is 17.3. The number of fused-ring (bicyclic) bond motifs is 1. The van der Waals surface area contributed by atoms with Crippen LogP contribution in [0.2, 0.25) is 0 Å². The number of para-hydroxylation sites is 1. The van der Waals surface area contributed by atoms with Crippen molar-refractivity contribution < 1.29 is 9.18 Å². The molecule has 24 heavy (non-hydrogen) atoms. The summed E-state index contributed by atoms with van der Waals surface area (Å²) in [4.78, 5) is 15.7. The van der Waals surface area contributed by atoms with Gasteiger partial charge in [0.25, 0.3) is 5.91 Å². The standard InChI is InChI=1S/C20H21FN2O/c1-13-18(15-9-5-7-11-17(15)23-13)20(2,3)12-22-19(24)14-8-4-6-10-16(14)21/h4-11,23H,12H2,1-3H3,(H,22,24). The molecule has 0 aliphatic heterocycles. The van der Waals surface area contributed by atoms with Gasteiger partial charge in [-0.15, -0.1) is 0 Å². The molecule has 3 nitrogen and oxygen atoms in total. The number of nitrogens with one attached hydrogen (secondary N) is 2. The smallest absolute Gasteiger partial charge is 0.254 e. The Balaban J connectivity index is 1.85. The number of hydrogen-bond donors (Lipinski definition) is 2. The van der Waals surface area contributed by atoms with E-state index in [0.29, 0.717) is 6.54 Å². The van der Waals surface area contributed by atoms with Crippen LogP contribution in [0.15, 0.2) is 48.5 Å². The Morgan fingerprint density at radius 2 is 1.79 bits per heavy atom. The van der Waals surface area contributed by atoms with E-state index in [1.807, 2.05) is 25.1 Å². The SMILES string of the molecule is Cc1[nH]c2ccccc2c1C(C)(C)CNC(=O)c1ccccc1F. The zero-order valence-electron chi connectivity index (χ0n) is 14.1. The summed E-state index contributed by atoms with van der Waals surface area (Å²) in [6.07, 6.45) is 0. The summed E-state index contributed by atoms with van der Waals surface area (Å²) in [7, 11) is 0. The van der Waals surface area contributed by atoms with Crippen molar-refractivity contribution in [3.05, 3.63) is 71.2 Å². The van der Waals surface area contributed by atoms with E-state index in [4.69, 9.17) is 0 Å². The van der Waals surface area contributed by atoms with Crippen LogP contribution in [0, 0.1) is 12.7 Å². The highest BCUT2D eigenvalue weighted by Crippen LogP contribution is 2.33. The second-order valence-corrected chi connectivity index (χ2v) is 6.72. The first kappa shape index (κ1) is 16.2. The van der Waals surface area contributed by atoms with Gasteiger partial charge < -0.3 is 10.3 Å². The predicted molar refractivity (Wildman–Crippen MR) is 94.8 cm³/mol. The van der Waals surface area contributed by atoms with Gasteiger partial charge in [0, 0.05) is 28.6 Å². The van der Waals surface area contributed by atoms with Crippen LogP contribution >= 0.6 is 0 Å². The van der Waals surface area contributed by atoms with Crippen LogP contribution < -0.4 is 5.32 Å². The Kier molecular flexibility index (Phi) is 4.14. The molecule has 0 saturated heterocycles. The van der Waals surface area contributed by atoms with Crippen molar-refractivity contribution in [3.63, 3.8) is 0 Å². The number of aryl methyl sites for hydroxylation is 1. The molecular formula is C20H21FN2O. The van der Waals surface area contributed by atoms with Crippen molar-refractivity contribution >= 4 is 16.8 Å². The van der Waals surface area contributed by atoms with E-state index in [2.05, 4.69) is 30.2 Å². The average molecular weight is 324 g/mol. The fourth-order valence-corrected chi connectivity index (χ4v) is 3.28. The normalized spacial score (nSPS) is 11.7. The van der Waals surface area contributed by atoms with Crippen molar-refractivity contribution in [1.82, 2.24) is 10.3 Å². The van der Waals surface area contributed by atoms with Crippen LogP contribution in [0.5, 0.6) is 0 Å². The van der Waals surface area contributed by atoms with Gasteiger partial charge in [-0.25, -0.2) is 4.39 Å². The third-order valence-electron chi connectivity index (χ3n) is 4.38. The zero-order valence-corrected chi connectivity index (χ0v) is 14.1. The number of benzene rings is 2. The van der Waals surface area contributed by atoms with Gasteiger partial charge in [0.05, 0.1) is 5.56 Å². The number of hydrogen-bond acceptors (Lipinski definition) is 1. The fraction of sp³-hybridized carbons (Fsp3) is 0.250. The molecule has 2 aromatic carbocycles. The third-order valence-corrected chi connectivity index (χ3v) is 4.38. The summed E-state index contributed by atoms with van der Waals surface area (Å²) in [6.45, 7) is 6.62. The fourth-order valence-electron chi connectivity index (χ4n) is 3.28. The van der Waals surface area contributed by atoms with E-state index in [1.54, 1.807) is 12.1 Å². The first-order valence-corrected chi connectivity index (χ1v) is 8.00. The molecule has 1 heterocycles. The Bertz CT molecular complexity index is 896. The Morgan fingerprint density at radius 1 is 1.12 bits per heavy atom. The van der Waals surface area contributed by atoms with Crippen molar-refractivity contribution in [1.29, 1.82) is 0 Å². The number of amides is 1. The summed E-state index contributed by atoms with van der Waals surface area (Å²) in [5.74, 6) is -0.894. The molecule has 3 rings (SSSR count). The third kappa shape index (κ3) is 2.92. The summed E-state index contributed by atoms with van der Waals surface area (Å²) >= 11 is 0. The molecule has 1 amide bonds. The van der Waals surface area contributed by atoms with Crippen LogP contribution in [-0.4, -0.2) is 17.4 Å². The summed E-state index contributed by atoms with van der Waals surface area (Å²) in [6, 6.07) is 14.1. The van der Waals surface area contributed by atoms with Gasteiger partial charge in [-0.3, -0.25) is 4.79 Å². The van der Waals surface area contributed by atoms with Gasteiger partial charge in [-0.05, 0) is 30.7 Å². The molecule has 0 saturated carbocycles. The predicted octanol–water partition coefficient (Wildman–Crippen LogP) is 4.32. The van der Waals surface area contributed by atoms with Crippen molar-refractivity contribution in [2.24, 2.45) is 0 Å². The number of aromatic nitrogens is 1. The molecule has 4 heteroatoms. The van der Waals surface area contributed by atoms with Gasteiger partial charge >= 0.3 is 0 Å². The minimum Gasteiger partial charge on any atom is -0.358 e. The molecule has 1 aromatic heterocycles. The second-order valence-electron chi connectivity index (χ2n) is 6.72. The largest absolute Gasteiger partial charge is 0.358 e. The second kappa shape index (κ2) is 6.11. The van der Waals surface area contributed by atoms with Crippen molar-refractivity contribution in [2.45, 2.75) is 26.2 Å². The van der Waals surface area contributed by atoms with E-state index >= 15 is 0 Å².